The van der Waals surface area contributed by atoms with E-state index in [1.807, 2.05) is 0 Å². The number of esters is 1. The predicted octanol–water partition coefficient (Wildman–Crippen LogP) is -0.582. The molecular weight excluding hydrogens is 158 g/mol. The summed E-state index contributed by atoms with van der Waals surface area (Å²) in [7, 11) is 0. The molecule has 0 saturated carbocycles. The molecule has 0 aromatic rings. The molecule has 2 bridgehead atoms. The highest BCUT2D eigenvalue weighted by molar-refractivity contribution is 5.78. The van der Waals surface area contributed by atoms with E-state index in [4.69, 9.17) is 15.2 Å². The van der Waals surface area contributed by atoms with E-state index >= 15 is 0 Å². The summed E-state index contributed by atoms with van der Waals surface area (Å²) in [6, 6.07) is -0.131. The molecule has 2 N–H and O–H groups in total. The Hall–Kier alpha value is -0.610. The monoisotopic (exact) mass is 169 g/mol. The number of cyclic esters (lactones) is 1. The van der Waals surface area contributed by atoms with Crippen LogP contribution in [0.25, 0.3) is 0 Å². The fourth-order valence-electron chi connectivity index (χ4n) is 2.72. The van der Waals surface area contributed by atoms with Gasteiger partial charge in [0, 0.05) is 6.04 Å². The van der Waals surface area contributed by atoms with Crippen molar-refractivity contribution in [2.75, 3.05) is 6.61 Å². The van der Waals surface area contributed by atoms with Crippen molar-refractivity contribution >= 4 is 5.97 Å². The van der Waals surface area contributed by atoms with Gasteiger partial charge in [0.2, 0.25) is 0 Å². The van der Waals surface area contributed by atoms with Crippen molar-refractivity contribution in [3.63, 3.8) is 0 Å². The number of nitrogens with two attached hydrogens (primary N) is 1. The molecule has 0 aromatic carbocycles. The van der Waals surface area contributed by atoms with Crippen LogP contribution in [-0.2, 0) is 14.3 Å². The van der Waals surface area contributed by atoms with Crippen LogP contribution in [0.3, 0.4) is 0 Å². The molecule has 3 heterocycles. The molecule has 4 heteroatoms. The topological polar surface area (TPSA) is 61.6 Å². The van der Waals surface area contributed by atoms with Gasteiger partial charge in [-0.3, -0.25) is 4.79 Å². The van der Waals surface area contributed by atoms with Crippen molar-refractivity contribution in [2.24, 2.45) is 11.7 Å². The number of rotatable bonds is 0. The van der Waals surface area contributed by atoms with Gasteiger partial charge in [-0.25, -0.2) is 0 Å². The normalized spacial score (nSPS) is 55.8. The Morgan fingerprint density at radius 1 is 1.58 bits per heavy atom. The maximum absolute atomic E-state index is 11.3. The summed E-state index contributed by atoms with van der Waals surface area (Å²) < 4.78 is 10.7. The molecule has 3 rings (SSSR count). The summed E-state index contributed by atoms with van der Waals surface area (Å²) in [5, 5.41) is 0. The Balaban J connectivity index is 2.05. The summed E-state index contributed by atoms with van der Waals surface area (Å²) in [4.78, 5) is 11.3. The zero-order valence-corrected chi connectivity index (χ0v) is 6.66. The first-order valence-corrected chi connectivity index (χ1v) is 4.33. The van der Waals surface area contributed by atoms with E-state index in [0.717, 1.165) is 12.8 Å². The zero-order valence-electron chi connectivity index (χ0n) is 6.66. The smallest absolute Gasteiger partial charge is 0.313 e. The third-order valence-electron chi connectivity index (χ3n) is 3.33. The highest BCUT2D eigenvalue weighted by Crippen LogP contribution is 2.50. The third-order valence-corrected chi connectivity index (χ3v) is 3.33. The molecule has 0 amide bonds. The van der Waals surface area contributed by atoms with Crippen LogP contribution in [0, 0.1) is 5.92 Å². The quantitative estimate of drug-likeness (QED) is 0.493. The van der Waals surface area contributed by atoms with Crippen LogP contribution in [0.5, 0.6) is 0 Å². The van der Waals surface area contributed by atoms with E-state index in [9.17, 15) is 4.79 Å². The highest BCUT2D eigenvalue weighted by Gasteiger charge is 2.65. The van der Waals surface area contributed by atoms with Gasteiger partial charge in [-0.1, -0.05) is 0 Å². The number of hydrogen-bond acceptors (Lipinski definition) is 4. The summed E-state index contributed by atoms with van der Waals surface area (Å²) in [6.45, 7) is 0.417. The van der Waals surface area contributed by atoms with Crippen LogP contribution in [0.2, 0.25) is 0 Å². The van der Waals surface area contributed by atoms with Gasteiger partial charge in [-0.2, -0.15) is 0 Å². The lowest BCUT2D eigenvalue weighted by molar-refractivity contribution is -0.142. The van der Waals surface area contributed by atoms with Crippen molar-refractivity contribution < 1.29 is 14.3 Å². The molecule has 0 aromatic heterocycles. The molecule has 4 nitrogen and oxygen atoms in total. The Kier molecular flexibility index (Phi) is 1.04. The lowest BCUT2D eigenvalue weighted by Gasteiger charge is -2.23. The summed E-state index contributed by atoms with van der Waals surface area (Å²) in [6.07, 6.45) is 2.01. The standard InChI is InChI=1S/C8H11NO3/c9-6-4-1-2-8(12-4)3-11-7(10)5(6)8/h4-6H,1-3,9H2/t4-,5+,6+,8+/m1/s1. The van der Waals surface area contributed by atoms with E-state index in [0.29, 0.717) is 6.61 Å². The first kappa shape index (κ1) is 6.86. The fraction of sp³-hybridized carbons (Fsp3) is 0.875. The van der Waals surface area contributed by atoms with Crippen molar-refractivity contribution in [1.29, 1.82) is 0 Å². The number of ether oxygens (including phenoxy) is 2. The van der Waals surface area contributed by atoms with E-state index in [1.165, 1.54) is 0 Å². The van der Waals surface area contributed by atoms with Crippen LogP contribution in [0.1, 0.15) is 12.8 Å². The molecule has 3 aliphatic rings. The number of carbonyl (C=O) groups excluding carboxylic acids is 1. The molecule has 1 spiro atoms. The number of hydrogen-bond donors (Lipinski definition) is 1. The minimum absolute atomic E-state index is 0.0999. The van der Waals surface area contributed by atoms with Crippen LogP contribution < -0.4 is 5.73 Å². The maximum Gasteiger partial charge on any atom is 0.313 e. The fourth-order valence-corrected chi connectivity index (χ4v) is 2.72. The average molecular weight is 169 g/mol. The van der Waals surface area contributed by atoms with Gasteiger partial charge in [-0.05, 0) is 12.8 Å². The van der Waals surface area contributed by atoms with Gasteiger partial charge in [0.15, 0.2) is 0 Å². The molecule has 3 aliphatic heterocycles. The van der Waals surface area contributed by atoms with E-state index in [2.05, 4.69) is 0 Å². The molecule has 0 radical (unpaired) electrons. The molecule has 66 valence electrons. The Morgan fingerprint density at radius 2 is 2.42 bits per heavy atom. The lowest BCUT2D eigenvalue weighted by atomic mass is 9.78. The van der Waals surface area contributed by atoms with Crippen LogP contribution >= 0.6 is 0 Å². The molecule has 3 fully saturated rings. The first-order valence-electron chi connectivity index (χ1n) is 4.33. The second kappa shape index (κ2) is 1.83. The highest BCUT2D eigenvalue weighted by atomic mass is 16.6. The van der Waals surface area contributed by atoms with E-state index in [-0.39, 0.29) is 29.6 Å². The minimum Gasteiger partial charge on any atom is -0.462 e. The molecule has 3 saturated heterocycles. The van der Waals surface area contributed by atoms with Crippen molar-refractivity contribution in [3.8, 4) is 0 Å². The zero-order chi connectivity index (χ0) is 8.34. The lowest BCUT2D eigenvalue weighted by Crippen LogP contribution is -2.45. The Labute approximate surface area is 70.0 Å². The molecule has 0 unspecified atom stereocenters. The van der Waals surface area contributed by atoms with Gasteiger partial charge in [0.05, 0.1) is 6.10 Å². The Bertz CT molecular complexity index is 255. The van der Waals surface area contributed by atoms with Gasteiger partial charge >= 0.3 is 5.97 Å². The van der Waals surface area contributed by atoms with Gasteiger partial charge in [0.1, 0.15) is 18.1 Å². The van der Waals surface area contributed by atoms with Crippen LogP contribution in [0.4, 0.5) is 0 Å². The maximum atomic E-state index is 11.3. The van der Waals surface area contributed by atoms with Crippen molar-refractivity contribution in [2.45, 2.75) is 30.6 Å². The largest absolute Gasteiger partial charge is 0.462 e. The summed E-state index contributed by atoms with van der Waals surface area (Å²) in [5.74, 6) is -0.346. The summed E-state index contributed by atoms with van der Waals surface area (Å²) >= 11 is 0. The minimum atomic E-state index is -0.332. The van der Waals surface area contributed by atoms with Gasteiger partial charge in [0.25, 0.3) is 0 Å². The molecule has 12 heavy (non-hydrogen) atoms. The second-order valence-corrected chi connectivity index (χ2v) is 3.92. The van der Waals surface area contributed by atoms with Crippen LogP contribution in [-0.4, -0.2) is 30.3 Å². The molecule has 0 aliphatic carbocycles. The molecule has 4 atom stereocenters. The number of carbonyl (C=O) groups is 1. The third kappa shape index (κ3) is 0.559. The van der Waals surface area contributed by atoms with Crippen molar-refractivity contribution in [3.05, 3.63) is 0 Å². The van der Waals surface area contributed by atoms with E-state index < -0.39 is 0 Å². The first-order chi connectivity index (χ1) is 5.73. The van der Waals surface area contributed by atoms with E-state index in [1.54, 1.807) is 0 Å². The van der Waals surface area contributed by atoms with Crippen molar-refractivity contribution in [1.82, 2.24) is 0 Å². The number of fused-ring (bicyclic) bond motifs is 1. The van der Waals surface area contributed by atoms with Gasteiger partial charge < -0.3 is 15.2 Å². The second-order valence-electron chi connectivity index (χ2n) is 3.92. The van der Waals surface area contributed by atoms with Crippen LogP contribution in [0.15, 0.2) is 0 Å². The average Bonchev–Trinajstić information content (AvgIpc) is 2.65. The predicted molar refractivity (Wildman–Crippen MR) is 39.3 cm³/mol. The van der Waals surface area contributed by atoms with Gasteiger partial charge in [-0.15, -0.1) is 0 Å². The Morgan fingerprint density at radius 3 is 3.17 bits per heavy atom. The SMILES string of the molecule is N[C@@H]1[C@H]2C(=O)OC[C@@]23CC[C@H]1O3. The molecular formula is C8H11NO3. The summed E-state index contributed by atoms with van der Waals surface area (Å²) in [5.41, 5.74) is 5.53.